The van der Waals surface area contributed by atoms with Crippen LogP contribution in [-0.4, -0.2) is 34.1 Å². The lowest BCUT2D eigenvalue weighted by Crippen LogP contribution is -2.55. The van der Waals surface area contributed by atoms with Gasteiger partial charge < -0.3 is 5.11 Å². The van der Waals surface area contributed by atoms with Crippen molar-refractivity contribution in [3.8, 4) is 0 Å². The van der Waals surface area contributed by atoms with Gasteiger partial charge in [0.2, 0.25) is 0 Å². The molecule has 0 amide bonds. The lowest BCUT2D eigenvalue weighted by Gasteiger charge is -2.41. The monoisotopic (exact) mass is 227 g/mol. The van der Waals surface area contributed by atoms with Crippen molar-refractivity contribution in [2.45, 2.75) is 70.9 Å². The Morgan fingerprint density at radius 2 is 1.94 bits per heavy atom. The van der Waals surface area contributed by atoms with E-state index in [0.29, 0.717) is 6.04 Å². The SMILES string of the molecule is CCCC(C)(C(=O)O)N(CC)C1CCCC1. The Bertz CT molecular complexity index is 236. The Labute approximate surface area is 98.8 Å². The van der Waals surface area contributed by atoms with Crippen LogP contribution in [-0.2, 0) is 4.79 Å². The molecule has 1 atom stereocenters. The maximum absolute atomic E-state index is 11.5. The standard InChI is InChI=1S/C13H25NO2/c1-4-10-13(3,12(15)16)14(5-2)11-8-6-7-9-11/h11H,4-10H2,1-3H3,(H,15,16). The van der Waals surface area contributed by atoms with Crippen molar-refractivity contribution in [3.63, 3.8) is 0 Å². The lowest BCUT2D eigenvalue weighted by atomic mass is 9.91. The third-order valence-corrected chi connectivity index (χ3v) is 3.94. The van der Waals surface area contributed by atoms with Crippen LogP contribution in [0, 0.1) is 0 Å². The molecule has 1 N–H and O–H groups in total. The lowest BCUT2D eigenvalue weighted by molar-refractivity contribution is -0.152. The summed E-state index contributed by atoms with van der Waals surface area (Å²) in [6.07, 6.45) is 6.51. The highest BCUT2D eigenvalue weighted by Crippen LogP contribution is 2.31. The number of hydrogen-bond donors (Lipinski definition) is 1. The van der Waals surface area contributed by atoms with E-state index < -0.39 is 11.5 Å². The zero-order valence-electron chi connectivity index (χ0n) is 10.8. The van der Waals surface area contributed by atoms with Crippen molar-refractivity contribution in [2.24, 2.45) is 0 Å². The van der Waals surface area contributed by atoms with E-state index in [-0.39, 0.29) is 0 Å². The van der Waals surface area contributed by atoms with Crippen molar-refractivity contribution in [1.29, 1.82) is 0 Å². The third kappa shape index (κ3) is 2.57. The molecule has 1 aliphatic carbocycles. The summed E-state index contributed by atoms with van der Waals surface area (Å²) in [6, 6.07) is 0.484. The van der Waals surface area contributed by atoms with E-state index in [1.54, 1.807) is 0 Å². The second kappa shape index (κ2) is 5.67. The van der Waals surface area contributed by atoms with Crippen LogP contribution in [0.15, 0.2) is 0 Å². The fourth-order valence-electron chi connectivity index (χ4n) is 3.09. The van der Waals surface area contributed by atoms with Crippen molar-refractivity contribution in [3.05, 3.63) is 0 Å². The quantitative estimate of drug-likeness (QED) is 0.758. The Balaban J connectivity index is 2.83. The normalized spacial score (nSPS) is 21.2. The van der Waals surface area contributed by atoms with Crippen LogP contribution >= 0.6 is 0 Å². The maximum atomic E-state index is 11.5. The number of carboxylic acid groups (broad SMARTS) is 1. The Morgan fingerprint density at radius 1 is 1.38 bits per heavy atom. The number of rotatable bonds is 6. The number of carbonyl (C=O) groups is 1. The van der Waals surface area contributed by atoms with Crippen molar-refractivity contribution in [2.75, 3.05) is 6.54 Å². The fraction of sp³-hybridized carbons (Fsp3) is 0.923. The van der Waals surface area contributed by atoms with Gasteiger partial charge in [0, 0.05) is 6.04 Å². The first-order chi connectivity index (χ1) is 7.56. The van der Waals surface area contributed by atoms with Gasteiger partial charge in [-0.3, -0.25) is 9.69 Å². The summed E-state index contributed by atoms with van der Waals surface area (Å²) in [4.78, 5) is 13.7. The summed E-state index contributed by atoms with van der Waals surface area (Å²) in [5.41, 5.74) is -0.668. The smallest absolute Gasteiger partial charge is 0.323 e. The molecule has 3 heteroatoms. The molecule has 1 unspecified atom stereocenters. The first kappa shape index (κ1) is 13.5. The first-order valence-corrected chi connectivity index (χ1v) is 6.56. The largest absolute Gasteiger partial charge is 0.480 e. The summed E-state index contributed by atoms with van der Waals surface area (Å²) < 4.78 is 0. The molecule has 1 rings (SSSR count). The van der Waals surface area contributed by atoms with Crippen LogP contribution in [0.4, 0.5) is 0 Å². The molecule has 16 heavy (non-hydrogen) atoms. The molecule has 0 spiro atoms. The van der Waals surface area contributed by atoms with Crippen molar-refractivity contribution >= 4 is 5.97 Å². The van der Waals surface area contributed by atoms with Gasteiger partial charge in [-0.1, -0.05) is 33.1 Å². The van der Waals surface area contributed by atoms with E-state index in [9.17, 15) is 9.90 Å². The molecule has 1 fully saturated rings. The number of aliphatic carboxylic acids is 1. The highest BCUT2D eigenvalue weighted by atomic mass is 16.4. The molecule has 0 aromatic carbocycles. The summed E-state index contributed by atoms with van der Waals surface area (Å²) in [5, 5.41) is 9.48. The van der Waals surface area contributed by atoms with Gasteiger partial charge >= 0.3 is 5.97 Å². The Kier molecular flexibility index (Phi) is 4.78. The van der Waals surface area contributed by atoms with Gasteiger partial charge in [0.1, 0.15) is 5.54 Å². The Morgan fingerprint density at radius 3 is 2.31 bits per heavy atom. The van der Waals surface area contributed by atoms with Gasteiger partial charge in [0.05, 0.1) is 0 Å². The highest BCUT2D eigenvalue weighted by molar-refractivity contribution is 5.78. The van der Waals surface area contributed by atoms with Gasteiger partial charge in [0.15, 0.2) is 0 Å². The van der Waals surface area contributed by atoms with E-state index in [1.807, 2.05) is 6.92 Å². The molecule has 0 heterocycles. The minimum atomic E-state index is -0.668. The molecule has 3 nitrogen and oxygen atoms in total. The first-order valence-electron chi connectivity index (χ1n) is 6.56. The van der Waals surface area contributed by atoms with Crippen LogP contribution < -0.4 is 0 Å². The molecule has 0 aromatic rings. The van der Waals surface area contributed by atoms with Crippen LogP contribution in [0.25, 0.3) is 0 Å². The number of likely N-dealkylation sites (N-methyl/N-ethyl adjacent to an activating group) is 1. The number of hydrogen-bond acceptors (Lipinski definition) is 2. The number of carboxylic acids is 1. The zero-order chi connectivity index (χ0) is 12.2. The predicted molar refractivity (Wildman–Crippen MR) is 65.6 cm³/mol. The molecule has 0 bridgehead atoms. The summed E-state index contributed by atoms with van der Waals surface area (Å²) >= 11 is 0. The fourth-order valence-corrected chi connectivity index (χ4v) is 3.09. The highest BCUT2D eigenvalue weighted by Gasteiger charge is 2.41. The molecule has 1 aliphatic rings. The average molecular weight is 227 g/mol. The molecule has 0 aliphatic heterocycles. The minimum Gasteiger partial charge on any atom is -0.480 e. The van der Waals surface area contributed by atoms with Crippen LogP contribution in [0.1, 0.15) is 59.3 Å². The molecule has 94 valence electrons. The van der Waals surface area contributed by atoms with E-state index in [2.05, 4.69) is 18.7 Å². The minimum absolute atomic E-state index is 0.484. The summed E-state index contributed by atoms with van der Waals surface area (Å²) in [5.74, 6) is -0.664. The molecular weight excluding hydrogens is 202 g/mol. The van der Waals surface area contributed by atoms with Crippen LogP contribution in [0.5, 0.6) is 0 Å². The second-order valence-corrected chi connectivity index (χ2v) is 5.05. The maximum Gasteiger partial charge on any atom is 0.323 e. The van der Waals surface area contributed by atoms with E-state index in [1.165, 1.54) is 25.7 Å². The summed E-state index contributed by atoms with van der Waals surface area (Å²) in [7, 11) is 0. The van der Waals surface area contributed by atoms with Gasteiger partial charge in [-0.25, -0.2) is 0 Å². The summed E-state index contributed by atoms with van der Waals surface area (Å²) in [6.45, 7) is 6.87. The molecular formula is C13H25NO2. The number of nitrogens with zero attached hydrogens (tertiary/aromatic N) is 1. The van der Waals surface area contributed by atoms with Gasteiger partial charge in [-0.15, -0.1) is 0 Å². The third-order valence-electron chi connectivity index (χ3n) is 3.94. The van der Waals surface area contributed by atoms with E-state index in [0.717, 1.165) is 19.4 Å². The van der Waals surface area contributed by atoms with Crippen LogP contribution in [0.3, 0.4) is 0 Å². The van der Waals surface area contributed by atoms with E-state index in [4.69, 9.17) is 0 Å². The predicted octanol–water partition coefficient (Wildman–Crippen LogP) is 2.89. The van der Waals surface area contributed by atoms with Gasteiger partial charge in [0.25, 0.3) is 0 Å². The topological polar surface area (TPSA) is 40.5 Å². The Hall–Kier alpha value is -0.570. The van der Waals surface area contributed by atoms with Crippen molar-refractivity contribution < 1.29 is 9.90 Å². The van der Waals surface area contributed by atoms with Crippen LogP contribution in [0.2, 0.25) is 0 Å². The second-order valence-electron chi connectivity index (χ2n) is 5.05. The van der Waals surface area contributed by atoms with Crippen molar-refractivity contribution in [1.82, 2.24) is 4.90 Å². The van der Waals surface area contributed by atoms with E-state index >= 15 is 0 Å². The average Bonchev–Trinajstić information content (AvgIpc) is 2.72. The zero-order valence-corrected chi connectivity index (χ0v) is 10.8. The molecule has 0 radical (unpaired) electrons. The van der Waals surface area contributed by atoms with Gasteiger partial charge in [-0.05, 0) is 32.7 Å². The van der Waals surface area contributed by atoms with Gasteiger partial charge in [-0.2, -0.15) is 0 Å². The molecule has 0 aromatic heterocycles. The molecule has 1 saturated carbocycles. The molecule has 0 saturated heterocycles.